The van der Waals surface area contributed by atoms with Crippen LogP contribution in [-0.4, -0.2) is 98.3 Å². The van der Waals surface area contributed by atoms with Gasteiger partial charge in [0.1, 0.15) is 12.2 Å². The Morgan fingerprint density at radius 2 is 1.56 bits per heavy atom. The zero-order valence-corrected chi connectivity index (χ0v) is 23.0. The summed E-state index contributed by atoms with van der Waals surface area (Å²) in [6.07, 6.45) is -0.0440. The van der Waals surface area contributed by atoms with Crippen molar-refractivity contribution < 1.29 is 40.1 Å². The SMILES string of the molecule is CCCNC[C@@H]1C[C@H](O)[C@@H](O)[C@@](O)([C@]2(C)[C@H](O)[C@@H](O)C(C)(CCCCCCCC(C)C)O[C@@H]2CO)O1. The summed E-state index contributed by atoms with van der Waals surface area (Å²) in [6.45, 7) is 10.1. The Labute approximate surface area is 217 Å². The van der Waals surface area contributed by atoms with Crippen LogP contribution in [0.2, 0.25) is 0 Å². The van der Waals surface area contributed by atoms with Crippen molar-refractivity contribution in [2.75, 3.05) is 19.7 Å². The Bertz CT molecular complexity index is 649. The third-order valence-electron chi connectivity index (χ3n) is 8.43. The average molecular weight is 520 g/mol. The second-order valence-corrected chi connectivity index (χ2v) is 11.9. The van der Waals surface area contributed by atoms with Crippen molar-refractivity contribution in [1.29, 1.82) is 0 Å². The van der Waals surface area contributed by atoms with Crippen molar-refractivity contribution in [2.24, 2.45) is 11.3 Å². The van der Waals surface area contributed by atoms with Crippen LogP contribution in [0.3, 0.4) is 0 Å². The number of hydrogen-bond acceptors (Lipinski definition) is 9. The number of aliphatic hydroxyl groups excluding tert-OH is 5. The van der Waals surface area contributed by atoms with E-state index in [9.17, 15) is 30.6 Å². The molecule has 9 heteroatoms. The summed E-state index contributed by atoms with van der Waals surface area (Å²) in [5, 5.41) is 69.2. The van der Waals surface area contributed by atoms with E-state index < -0.39 is 60.0 Å². The molecule has 9 atom stereocenters. The first-order valence-electron chi connectivity index (χ1n) is 14.0. The van der Waals surface area contributed by atoms with Gasteiger partial charge in [-0.05, 0) is 39.2 Å². The molecule has 1 unspecified atom stereocenters. The van der Waals surface area contributed by atoms with Gasteiger partial charge < -0.3 is 45.4 Å². The van der Waals surface area contributed by atoms with Gasteiger partial charge in [0, 0.05) is 13.0 Å². The number of unbranched alkanes of at least 4 members (excludes halogenated alkanes) is 4. The summed E-state index contributed by atoms with van der Waals surface area (Å²) >= 11 is 0. The summed E-state index contributed by atoms with van der Waals surface area (Å²) in [4.78, 5) is 0. The Kier molecular flexibility index (Phi) is 12.1. The first-order chi connectivity index (χ1) is 16.9. The van der Waals surface area contributed by atoms with Gasteiger partial charge in [-0.2, -0.15) is 0 Å². The molecule has 0 bridgehead atoms. The molecule has 0 aliphatic carbocycles. The first kappa shape index (κ1) is 31.9. The van der Waals surface area contributed by atoms with Crippen LogP contribution in [0.5, 0.6) is 0 Å². The minimum atomic E-state index is -2.46. The lowest BCUT2D eigenvalue weighted by Crippen LogP contribution is -2.78. The second kappa shape index (κ2) is 13.6. The molecule has 2 heterocycles. The molecular weight excluding hydrogens is 466 g/mol. The van der Waals surface area contributed by atoms with Crippen molar-refractivity contribution in [3.63, 3.8) is 0 Å². The van der Waals surface area contributed by atoms with Gasteiger partial charge in [-0.25, -0.2) is 0 Å². The molecule has 2 aliphatic rings. The van der Waals surface area contributed by atoms with E-state index in [1.807, 2.05) is 6.92 Å². The smallest absolute Gasteiger partial charge is 0.205 e. The second-order valence-electron chi connectivity index (χ2n) is 11.9. The maximum absolute atomic E-state index is 11.7. The molecule has 2 rings (SSSR count). The molecule has 0 aromatic rings. The number of ether oxygens (including phenoxy) is 2. The number of nitrogens with one attached hydrogen (secondary N) is 1. The number of aliphatic hydroxyl groups is 6. The zero-order chi connectivity index (χ0) is 27.1. The van der Waals surface area contributed by atoms with Gasteiger partial charge in [-0.3, -0.25) is 0 Å². The van der Waals surface area contributed by atoms with Crippen molar-refractivity contribution in [1.82, 2.24) is 5.32 Å². The zero-order valence-electron chi connectivity index (χ0n) is 23.0. The molecule has 214 valence electrons. The van der Waals surface area contributed by atoms with Gasteiger partial charge >= 0.3 is 0 Å². The molecule has 0 aromatic heterocycles. The highest BCUT2D eigenvalue weighted by Crippen LogP contribution is 2.53. The van der Waals surface area contributed by atoms with E-state index in [0.29, 0.717) is 25.4 Å². The normalized spacial score (nSPS) is 41.7. The summed E-state index contributed by atoms with van der Waals surface area (Å²) in [5.41, 5.74) is -2.97. The summed E-state index contributed by atoms with van der Waals surface area (Å²) in [7, 11) is 0. The first-order valence-corrected chi connectivity index (χ1v) is 14.0. The third-order valence-corrected chi connectivity index (χ3v) is 8.43. The fourth-order valence-electron chi connectivity index (χ4n) is 5.85. The number of rotatable bonds is 14. The van der Waals surface area contributed by atoms with Crippen molar-refractivity contribution in [3.05, 3.63) is 0 Å². The third kappa shape index (κ3) is 6.79. The van der Waals surface area contributed by atoms with Crippen LogP contribution < -0.4 is 5.32 Å². The predicted octanol–water partition coefficient (Wildman–Crippen LogP) is 1.45. The maximum Gasteiger partial charge on any atom is 0.205 e. The van der Waals surface area contributed by atoms with Crippen LogP contribution in [0.25, 0.3) is 0 Å². The number of hydrogen-bond donors (Lipinski definition) is 7. The Hall–Kier alpha value is -0.360. The van der Waals surface area contributed by atoms with Crippen LogP contribution in [0.4, 0.5) is 0 Å². The van der Waals surface area contributed by atoms with Gasteiger partial charge in [0.15, 0.2) is 0 Å². The highest BCUT2D eigenvalue weighted by molar-refractivity contribution is 5.14. The molecule has 0 radical (unpaired) electrons. The van der Waals surface area contributed by atoms with E-state index in [1.165, 1.54) is 19.8 Å². The fraction of sp³-hybridized carbons (Fsp3) is 1.00. The van der Waals surface area contributed by atoms with Crippen molar-refractivity contribution >= 4 is 0 Å². The van der Waals surface area contributed by atoms with Gasteiger partial charge in [0.2, 0.25) is 5.79 Å². The lowest BCUT2D eigenvalue weighted by molar-refractivity contribution is -0.421. The summed E-state index contributed by atoms with van der Waals surface area (Å²) in [6, 6.07) is 0. The molecule has 7 N–H and O–H groups in total. The van der Waals surface area contributed by atoms with Gasteiger partial charge in [-0.15, -0.1) is 0 Å². The van der Waals surface area contributed by atoms with Crippen molar-refractivity contribution in [2.45, 2.75) is 140 Å². The molecule has 0 amide bonds. The van der Waals surface area contributed by atoms with Gasteiger partial charge in [-0.1, -0.05) is 59.3 Å². The van der Waals surface area contributed by atoms with Crippen molar-refractivity contribution in [3.8, 4) is 0 Å². The van der Waals surface area contributed by atoms with Gasteiger partial charge in [0.25, 0.3) is 0 Å². The van der Waals surface area contributed by atoms with Crippen LogP contribution in [-0.2, 0) is 9.47 Å². The van der Waals surface area contributed by atoms with Crippen LogP contribution in [0.15, 0.2) is 0 Å². The molecule has 2 fully saturated rings. The molecule has 2 saturated heterocycles. The highest BCUT2D eigenvalue weighted by atomic mass is 16.7. The molecule has 0 spiro atoms. The lowest BCUT2D eigenvalue weighted by Gasteiger charge is -2.61. The predicted molar refractivity (Wildman–Crippen MR) is 137 cm³/mol. The average Bonchev–Trinajstić information content (AvgIpc) is 2.83. The molecule has 36 heavy (non-hydrogen) atoms. The molecule has 0 saturated carbocycles. The van der Waals surface area contributed by atoms with Gasteiger partial charge in [0.05, 0.1) is 42.0 Å². The topological polar surface area (TPSA) is 152 Å². The monoisotopic (exact) mass is 519 g/mol. The van der Waals surface area contributed by atoms with E-state index in [-0.39, 0.29) is 6.42 Å². The summed E-state index contributed by atoms with van der Waals surface area (Å²) < 4.78 is 12.1. The molecule has 0 aromatic carbocycles. The van der Waals surface area contributed by atoms with Crippen LogP contribution in [0, 0.1) is 11.3 Å². The van der Waals surface area contributed by atoms with Crippen LogP contribution >= 0.6 is 0 Å². The fourth-order valence-corrected chi connectivity index (χ4v) is 5.85. The molecule has 9 nitrogen and oxygen atoms in total. The Morgan fingerprint density at radius 1 is 0.917 bits per heavy atom. The minimum absolute atomic E-state index is 0.0917. The van der Waals surface area contributed by atoms with E-state index in [0.717, 1.165) is 32.1 Å². The Balaban J connectivity index is 2.14. The standard InChI is InChI=1S/C27H53NO8/c1-6-14-28-16-19-15-20(30)22(31)27(34,35-19)26(5)21(17-29)36-25(4,23(32)24(26)33)13-11-9-7-8-10-12-18(2)3/h18-24,28-34H,6-17H2,1-5H3/t19-,20-,21+,22+,23+,24+,25?,26-,27-/m0/s1. The largest absolute Gasteiger partial charge is 0.394 e. The van der Waals surface area contributed by atoms with E-state index >= 15 is 0 Å². The summed E-state index contributed by atoms with van der Waals surface area (Å²) in [5.74, 6) is -1.76. The van der Waals surface area contributed by atoms with E-state index in [1.54, 1.807) is 6.92 Å². The minimum Gasteiger partial charge on any atom is -0.394 e. The Morgan fingerprint density at radius 3 is 2.17 bits per heavy atom. The molecule has 2 aliphatic heterocycles. The lowest BCUT2D eigenvalue weighted by atomic mass is 9.62. The quantitative estimate of drug-likeness (QED) is 0.169. The highest BCUT2D eigenvalue weighted by Gasteiger charge is 2.70. The van der Waals surface area contributed by atoms with E-state index in [2.05, 4.69) is 19.2 Å². The molecular formula is C27H53NO8. The van der Waals surface area contributed by atoms with E-state index in [4.69, 9.17) is 9.47 Å². The van der Waals surface area contributed by atoms with Crippen LogP contribution in [0.1, 0.15) is 92.4 Å². The maximum atomic E-state index is 11.7.